The molecule has 1 amide bonds. The molecule has 5 nitrogen and oxygen atoms in total. The molecule has 1 aromatic heterocycles. The van der Waals surface area contributed by atoms with Crippen LogP contribution in [0.5, 0.6) is 0 Å². The standard InChI is InChI=1S/C23H24ClN3O2/c24-19-11-9-17(10-12-19)21(27-13-5-2-6-14-27)16-25-23(28)20-15-22(29-26-20)18-7-3-1-4-8-18/h1,3-4,7-12,15,21H,2,5-6,13-14,16H2,(H,25,28). The van der Waals surface area contributed by atoms with E-state index in [4.69, 9.17) is 16.1 Å². The van der Waals surface area contributed by atoms with Crippen molar-refractivity contribution in [3.63, 3.8) is 0 Å². The first kappa shape index (κ1) is 19.7. The first-order chi connectivity index (χ1) is 14.2. The van der Waals surface area contributed by atoms with E-state index in [-0.39, 0.29) is 17.6 Å². The second kappa shape index (κ2) is 9.25. The molecule has 4 rings (SSSR count). The van der Waals surface area contributed by atoms with Gasteiger partial charge in [0.15, 0.2) is 11.5 Å². The van der Waals surface area contributed by atoms with Gasteiger partial charge < -0.3 is 9.84 Å². The van der Waals surface area contributed by atoms with Crippen LogP contribution in [0.15, 0.2) is 65.2 Å². The molecule has 0 saturated carbocycles. The summed E-state index contributed by atoms with van der Waals surface area (Å²) in [6.45, 7) is 2.57. The zero-order valence-corrected chi connectivity index (χ0v) is 16.9. The second-order valence-corrected chi connectivity index (χ2v) is 7.75. The Hall–Kier alpha value is -2.63. The molecule has 2 heterocycles. The summed E-state index contributed by atoms with van der Waals surface area (Å²) in [5.41, 5.74) is 2.34. The lowest BCUT2D eigenvalue weighted by molar-refractivity contribution is 0.0915. The Bertz CT molecular complexity index is 934. The SMILES string of the molecule is O=C(NCC(c1ccc(Cl)cc1)N1CCCCC1)c1cc(-c2ccccc2)on1. The lowest BCUT2D eigenvalue weighted by atomic mass is 10.0. The molecule has 1 aliphatic rings. The van der Waals surface area contributed by atoms with Crippen molar-refractivity contribution in [3.8, 4) is 11.3 Å². The van der Waals surface area contributed by atoms with Gasteiger partial charge in [0.1, 0.15) is 0 Å². The fourth-order valence-electron chi connectivity index (χ4n) is 3.77. The third kappa shape index (κ3) is 4.86. The third-order valence-corrected chi connectivity index (χ3v) is 5.60. The molecule has 1 N–H and O–H groups in total. The molecule has 1 atom stereocenters. The Labute approximate surface area is 175 Å². The molecule has 0 aliphatic carbocycles. The number of hydrogen-bond donors (Lipinski definition) is 1. The topological polar surface area (TPSA) is 58.4 Å². The number of amides is 1. The summed E-state index contributed by atoms with van der Waals surface area (Å²) >= 11 is 6.06. The Morgan fingerprint density at radius 1 is 1.07 bits per heavy atom. The lowest BCUT2D eigenvalue weighted by Crippen LogP contribution is -2.40. The third-order valence-electron chi connectivity index (χ3n) is 5.34. The Morgan fingerprint density at radius 3 is 2.52 bits per heavy atom. The van der Waals surface area contributed by atoms with Crippen molar-refractivity contribution in [2.75, 3.05) is 19.6 Å². The van der Waals surface area contributed by atoms with Crippen molar-refractivity contribution in [3.05, 3.63) is 76.9 Å². The van der Waals surface area contributed by atoms with Gasteiger partial charge in [-0.15, -0.1) is 0 Å². The van der Waals surface area contributed by atoms with E-state index in [1.807, 2.05) is 54.6 Å². The van der Waals surface area contributed by atoms with Crippen molar-refractivity contribution >= 4 is 17.5 Å². The molecule has 29 heavy (non-hydrogen) atoms. The molecule has 1 fully saturated rings. The number of nitrogens with zero attached hydrogens (tertiary/aromatic N) is 2. The Balaban J connectivity index is 1.46. The van der Waals surface area contributed by atoms with Gasteiger partial charge in [-0.3, -0.25) is 9.69 Å². The van der Waals surface area contributed by atoms with Gasteiger partial charge in [0.05, 0.1) is 6.04 Å². The smallest absolute Gasteiger partial charge is 0.273 e. The summed E-state index contributed by atoms with van der Waals surface area (Å²) in [4.78, 5) is 15.1. The van der Waals surface area contributed by atoms with Gasteiger partial charge >= 0.3 is 0 Å². The highest BCUT2D eigenvalue weighted by Gasteiger charge is 2.24. The van der Waals surface area contributed by atoms with Crippen LogP contribution in [0.3, 0.4) is 0 Å². The molecule has 150 valence electrons. The number of carbonyl (C=O) groups excluding carboxylic acids is 1. The number of piperidine rings is 1. The number of carbonyl (C=O) groups is 1. The lowest BCUT2D eigenvalue weighted by Gasteiger charge is -2.35. The van der Waals surface area contributed by atoms with E-state index in [2.05, 4.69) is 15.4 Å². The molecule has 1 saturated heterocycles. The molecule has 2 aromatic carbocycles. The van der Waals surface area contributed by atoms with E-state index in [1.165, 1.54) is 19.3 Å². The van der Waals surface area contributed by atoms with E-state index in [1.54, 1.807) is 6.07 Å². The predicted octanol–water partition coefficient (Wildman–Crippen LogP) is 4.95. The van der Waals surface area contributed by atoms with Gasteiger partial charge in [-0.1, -0.05) is 65.6 Å². The maximum absolute atomic E-state index is 12.7. The van der Waals surface area contributed by atoms with Crippen LogP contribution < -0.4 is 5.32 Å². The molecule has 6 heteroatoms. The maximum Gasteiger partial charge on any atom is 0.273 e. The summed E-state index contributed by atoms with van der Waals surface area (Å²) < 4.78 is 5.36. The highest BCUT2D eigenvalue weighted by Crippen LogP contribution is 2.26. The largest absolute Gasteiger partial charge is 0.355 e. The number of aromatic nitrogens is 1. The molecule has 0 bridgehead atoms. The highest BCUT2D eigenvalue weighted by molar-refractivity contribution is 6.30. The first-order valence-electron chi connectivity index (χ1n) is 10.0. The Morgan fingerprint density at radius 2 is 1.79 bits per heavy atom. The van der Waals surface area contributed by atoms with Crippen molar-refractivity contribution < 1.29 is 9.32 Å². The van der Waals surface area contributed by atoms with Crippen LogP contribution in [0, 0.1) is 0 Å². The average molecular weight is 410 g/mol. The van der Waals surface area contributed by atoms with Crippen molar-refractivity contribution in [2.45, 2.75) is 25.3 Å². The minimum atomic E-state index is -0.230. The van der Waals surface area contributed by atoms with Crippen LogP contribution in [-0.4, -0.2) is 35.6 Å². The summed E-state index contributed by atoms with van der Waals surface area (Å²) in [7, 11) is 0. The second-order valence-electron chi connectivity index (χ2n) is 7.32. The minimum Gasteiger partial charge on any atom is -0.355 e. The van der Waals surface area contributed by atoms with Crippen LogP contribution in [0.25, 0.3) is 11.3 Å². The summed E-state index contributed by atoms with van der Waals surface area (Å²) in [5, 5.41) is 7.70. The van der Waals surface area contributed by atoms with Crippen molar-refractivity contribution in [2.24, 2.45) is 0 Å². The molecular formula is C23H24ClN3O2. The van der Waals surface area contributed by atoms with Crippen LogP contribution in [0.4, 0.5) is 0 Å². The molecule has 0 spiro atoms. The zero-order chi connectivity index (χ0) is 20.1. The van der Waals surface area contributed by atoms with Crippen molar-refractivity contribution in [1.82, 2.24) is 15.4 Å². The maximum atomic E-state index is 12.7. The van der Waals surface area contributed by atoms with E-state index >= 15 is 0 Å². The average Bonchev–Trinajstić information content (AvgIpc) is 3.27. The minimum absolute atomic E-state index is 0.108. The zero-order valence-electron chi connectivity index (χ0n) is 16.2. The number of halogens is 1. The number of nitrogens with one attached hydrogen (secondary N) is 1. The van der Waals surface area contributed by atoms with E-state index < -0.39 is 0 Å². The normalized spacial score (nSPS) is 15.8. The van der Waals surface area contributed by atoms with Crippen LogP contribution in [0.1, 0.15) is 41.4 Å². The van der Waals surface area contributed by atoms with Gasteiger partial charge in [0.25, 0.3) is 5.91 Å². The van der Waals surface area contributed by atoms with Gasteiger partial charge in [-0.25, -0.2) is 0 Å². The fraction of sp³-hybridized carbons (Fsp3) is 0.304. The molecule has 0 radical (unpaired) electrons. The monoisotopic (exact) mass is 409 g/mol. The van der Waals surface area contributed by atoms with Gasteiger partial charge in [-0.05, 0) is 43.6 Å². The first-order valence-corrected chi connectivity index (χ1v) is 10.4. The molecule has 1 unspecified atom stereocenters. The predicted molar refractivity (Wildman–Crippen MR) is 114 cm³/mol. The van der Waals surface area contributed by atoms with Crippen molar-refractivity contribution in [1.29, 1.82) is 0 Å². The molecule has 3 aromatic rings. The summed E-state index contributed by atoms with van der Waals surface area (Å²) in [6, 6.07) is 19.3. The van der Waals surface area contributed by atoms with E-state index in [0.29, 0.717) is 17.3 Å². The van der Waals surface area contributed by atoms with Crippen LogP contribution in [0.2, 0.25) is 5.02 Å². The van der Waals surface area contributed by atoms with Gasteiger partial charge in [0, 0.05) is 23.2 Å². The number of rotatable bonds is 6. The number of hydrogen-bond acceptors (Lipinski definition) is 4. The fourth-order valence-corrected chi connectivity index (χ4v) is 3.90. The quantitative estimate of drug-likeness (QED) is 0.625. The summed E-state index contributed by atoms with van der Waals surface area (Å²) in [6.07, 6.45) is 3.63. The van der Waals surface area contributed by atoms with Gasteiger partial charge in [0.2, 0.25) is 0 Å². The number of benzene rings is 2. The molecule has 1 aliphatic heterocycles. The van der Waals surface area contributed by atoms with Crippen LogP contribution >= 0.6 is 11.6 Å². The van der Waals surface area contributed by atoms with E-state index in [9.17, 15) is 4.79 Å². The Kier molecular flexibility index (Phi) is 6.27. The molecular weight excluding hydrogens is 386 g/mol. The van der Waals surface area contributed by atoms with Crippen LogP contribution in [-0.2, 0) is 0 Å². The van der Waals surface area contributed by atoms with E-state index in [0.717, 1.165) is 24.2 Å². The summed E-state index contributed by atoms with van der Waals surface area (Å²) in [5.74, 6) is 0.355. The van der Waals surface area contributed by atoms with Gasteiger partial charge in [-0.2, -0.15) is 0 Å². The number of likely N-dealkylation sites (tertiary alicyclic amines) is 1. The highest BCUT2D eigenvalue weighted by atomic mass is 35.5.